The molecule has 1 rings (SSSR count). The van der Waals surface area contributed by atoms with E-state index >= 15 is 0 Å². The minimum atomic E-state index is -0.0147. The summed E-state index contributed by atoms with van der Waals surface area (Å²) in [6, 6.07) is 5.33. The minimum Gasteiger partial charge on any atom is -0.762 e. The number of halogens is 1. The van der Waals surface area contributed by atoms with E-state index in [0.29, 0.717) is 29.0 Å². The van der Waals surface area contributed by atoms with E-state index in [0.717, 1.165) is 6.42 Å². The van der Waals surface area contributed by atoms with Crippen molar-refractivity contribution in [1.82, 2.24) is 0 Å². The SMILES string of the molecule is N#CC(=C=[N-])C=C1CCCC(C=C(C#N)C#N)=C1Cl. The van der Waals surface area contributed by atoms with Gasteiger partial charge in [-0.3, -0.25) is 5.87 Å². The van der Waals surface area contributed by atoms with E-state index in [1.54, 1.807) is 24.1 Å². The molecule has 0 aromatic carbocycles. The molecule has 0 radical (unpaired) electrons. The highest BCUT2D eigenvalue weighted by Crippen LogP contribution is 2.34. The summed E-state index contributed by atoms with van der Waals surface area (Å²) in [6.45, 7) is 0. The van der Waals surface area contributed by atoms with Gasteiger partial charge in [-0.05, 0) is 42.6 Å². The molecule has 92 valence electrons. The Morgan fingerprint density at radius 3 is 2.37 bits per heavy atom. The smallest absolute Gasteiger partial charge is 0.129 e. The Kier molecular flexibility index (Phi) is 5.34. The third-order valence-electron chi connectivity index (χ3n) is 2.58. The molecule has 0 N–H and O–H groups in total. The van der Waals surface area contributed by atoms with Crippen LogP contribution in [0.25, 0.3) is 5.41 Å². The summed E-state index contributed by atoms with van der Waals surface area (Å²) < 4.78 is 0. The van der Waals surface area contributed by atoms with E-state index in [-0.39, 0.29) is 11.1 Å². The lowest BCUT2D eigenvalue weighted by Gasteiger charge is -2.16. The number of hydrogen-bond donors (Lipinski definition) is 0. The van der Waals surface area contributed by atoms with Gasteiger partial charge in [0.1, 0.15) is 23.8 Å². The van der Waals surface area contributed by atoms with Gasteiger partial charge in [0.25, 0.3) is 0 Å². The predicted molar refractivity (Wildman–Crippen MR) is 71.6 cm³/mol. The molecule has 5 heteroatoms. The summed E-state index contributed by atoms with van der Waals surface area (Å²) in [5, 5.41) is 35.3. The first-order chi connectivity index (χ1) is 9.15. The van der Waals surface area contributed by atoms with Crippen molar-refractivity contribution in [1.29, 1.82) is 15.8 Å². The van der Waals surface area contributed by atoms with Crippen molar-refractivity contribution in [3.05, 3.63) is 44.9 Å². The molecule has 0 fully saturated rings. The highest BCUT2D eigenvalue weighted by molar-refractivity contribution is 6.32. The van der Waals surface area contributed by atoms with Gasteiger partial charge in [-0.15, -0.1) is 0 Å². The van der Waals surface area contributed by atoms with Crippen LogP contribution in [0, 0.1) is 34.0 Å². The molecule has 1 aliphatic rings. The Balaban J connectivity index is 3.26. The van der Waals surface area contributed by atoms with Gasteiger partial charge in [-0.1, -0.05) is 11.6 Å². The fourth-order valence-electron chi connectivity index (χ4n) is 1.69. The Bertz CT molecular complexity index is 637. The van der Waals surface area contributed by atoms with Crippen molar-refractivity contribution in [3.63, 3.8) is 0 Å². The summed E-state index contributed by atoms with van der Waals surface area (Å²) in [5.74, 6) is 1.78. The van der Waals surface area contributed by atoms with Crippen LogP contribution >= 0.6 is 11.6 Å². The standard InChI is InChI=1S/C14H8ClN4/c15-14-12(4-10(6-16)7-17)2-1-3-13(14)5-11(8-18)9-19/h4-5H,1-3H2/q-1. The molecule has 0 aliphatic heterocycles. The molecule has 19 heavy (non-hydrogen) atoms. The highest BCUT2D eigenvalue weighted by Gasteiger charge is 2.15. The lowest BCUT2D eigenvalue weighted by molar-refractivity contribution is 0.791. The lowest BCUT2D eigenvalue weighted by Crippen LogP contribution is -1.99. The first-order valence-corrected chi connectivity index (χ1v) is 5.82. The van der Waals surface area contributed by atoms with Gasteiger partial charge in [-0.2, -0.15) is 15.8 Å². The maximum absolute atomic E-state index is 8.72. The van der Waals surface area contributed by atoms with Crippen molar-refractivity contribution in [2.24, 2.45) is 0 Å². The van der Waals surface area contributed by atoms with Crippen LogP contribution < -0.4 is 0 Å². The van der Waals surface area contributed by atoms with Gasteiger partial charge < -0.3 is 5.41 Å². The topological polar surface area (TPSA) is 93.7 Å². The first-order valence-electron chi connectivity index (χ1n) is 5.45. The second-order valence-electron chi connectivity index (χ2n) is 3.78. The fraction of sp³-hybridized carbons (Fsp3) is 0.214. The second kappa shape index (κ2) is 7.00. The lowest BCUT2D eigenvalue weighted by atomic mass is 9.92. The van der Waals surface area contributed by atoms with Crippen molar-refractivity contribution >= 4 is 17.5 Å². The Hall–Kier alpha value is -2.57. The zero-order chi connectivity index (χ0) is 14.3. The van der Waals surface area contributed by atoms with Crippen molar-refractivity contribution in [3.8, 4) is 18.2 Å². The Labute approximate surface area is 116 Å². The molecule has 0 unspecified atom stereocenters. The molecule has 1 aliphatic carbocycles. The molecule has 0 amide bonds. The van der Waals surface area contributed by atoms with Gasteiger partial charge in [0.2, 0.25) is 0 Å². The summed E-state index contributed by atoms with van der Waals surface area (Å²) in [4.78, 5) is 0. The van der Waals surface area contributed by atoms with Crippen LogP contribution in [0.3, 0.4) is 0 Å². The van der Waals surface area contributed by atoms with Crippen molar-refractivity contribution < 1.29 is 0 Å². The summed E-state index contributed by atoms with van der Waals surface area (Å²) in [5.41, 5.74) is 1.35. The second-order valence-corrected chi connectivity index (χ2v) is 4.16. The highest BCUT2D eigenvalue weighted by atomic mass is 35.5. The monoisotopic (exact) mass is 267 g/mol. The third-order valence-corrected chi connectivity index (χ3v) is 3.06. The average Bonchev–Trinajstić information content (AvgIpc) is 2.45. The van der Waals surface area contributed by atoms with Crippen LogP contribution in [0.1, 0.15) is 19.3 Å². The van der Waals surface area contributed by atoms with E-state index in [9.17, 15) is 0 Å². The number of hydrogen-bond acceptors (Lipinski definition) is 3. The molecule has 0 heterocycles. The zero-order valence-electron chi connectivity index (χ0n) is 9.94. The number of rotatable bonds is 2. The number of nitrogens with zero attached hydrogens (tertiary/aromatic N) is 4. The summed E-state index contributed by atoms with van der Waals surface area (Å²) >= 11 is 6.18. The summed E-state index contributed by atoms with van der Waals surface area (Å²) in [7, 11) is 0. The molecule has 4 nitrogen and oxygen atoms in total. The Morgan fingerprint density at radius 1 is 1.16 bits per heavy atom. The molecule has 0 bridgehead atoms. The van der Waals surface area contributed by atoms with Gasteiger partial charge in [0, 0.05) is 5.03 Å². The van der Waals surface area contributed by atoms with Gasteiger partial charge in [0.15, 0.2) is 0 Å². The quantitative estimate of drug-likeness (QED) is 0.567. The Morgan fingerprint density at radius 2 is 1.84 bits per heavy atom. The van der Waals surface area contributed by atoms with Crippen molar-refractivity contribution in [2.45, 2.75) is 19.3 Å². The van der Waals surface area contributed by atoms with Crippen LogP contribution in [-0.4, -0.2) is 5.87 Å². The predicted octanol–water partition coefficient (Wildman–Crippen LogP) is 3.25. The van der Waals surface area contributed by atoms with Gasteiger partial charge >= 0.3 is 0 Å². The van der Waals surface area contributed by atoms with E-state index in [1.165, 1.54) is 12.2 Å². The minimum absolute atomic E-state index is 0.0147. The average molecular weight is 268 g/mol. The van der Waals surface area contributed by atoms with E-state index < -0.39 is 0 Å². The van der Waals surface area contributed by atoms with Crippen LogP contribution in [0.5, 0.6) is 0 Å². The van der Waals surface area contributed by atoms with Gasteiger partial charge in [0.05, 0.1) is 5.57 Å². The molecule has 0 atom stereocenters. The first kappa shape index (κ1) is 14.5. The normalized spacial score (nSPS) is 15.8. The van der Waals surface area contributed by atoms with Crippen LogP contribution in [-0.2, 0) is 0 Å². The van der Waals surface area contributed by atoms with Crippen LogP contribution in [0.15, 0.2) is 39.5 Å². The van der Waals surface area contributed by atoms with Crippen LogP contribution in [0.2, 0.25) is 0 Å². The molecule has 0 aromatic heterocycles. The maximum Gasteiger partial charge on any atom is 0.129 e. The molecule has 0 spiro atoms. The third kappa shape index (κ3) is 3.70. The molecule has 0 saturated carbocycles. The largest absolute Gasteiger partial charge is 0.762 e. The number of allylic oxidation sites excluding steroid dienone is 7. The molecule has 0 aromatic rings. The number of nitriles is 3. The van der Waals surface area contributed by atoms with Gasteiger partial charge in [-0.25, -0.2) is 0 Å². The van der Waals surface area contributed by atoms with E-state index in [2.05, 4.69) is 0 Å². The molecule has 0 saturated heterocycles. The summed E-state index contributed by atoms with van der Waals surface area (Å²) in [6.07, 6.45) is 5.03. The fourth-order valence-corrected chi connectivity index (χ4v) is 1.99. The van der Waals surface area contributed by atoms with Crippen LogP contribution in [0.4, 0.5) is 0 Å². The van der Waals surface area contributed by atoms with E-state index in [4.69, 9.17) is 32.8 Å². The van der Waals surface area contributed by atoms with Crippen molar-refractivity contribution in [2.75, 3.05) is 0 Å². The zero-order valence-corrected chi connectivity index (χ0v) is 10.7. The molecular formula is C14H8ClN4-. The maximum atomic E-state index is 8.72. The molecular weight excluding hydrogens is 260 g/mol. The van der Waals surface area contributed by atoms with E-state index in [1.807, 2.05) is 0 Å².